The smallest absolute Gasteiger partial charge is 0.0870 e. The number of halogens is 1. The summed E-state index contributed by atoms with van der Waals surface area (Å²) in [4.78, 5) is 1.06. The fraction of sp³-hybridized carbons (Fsp3) is 0.556. The number of thiophene rings is 1. The van der Waals surface area contributed by atoms with Gasteiger partial charge in [0.05, 0.1) is 11.7 Å². The molecule has 1 aromatic heterocycles. The fourth-order valence-electron chi connectivity index (χ4n) is 0.896. The van der Waals surface area contributed by atoms with Crippen LogP contribution in [0.3, 0.4) is 0 Å². The van der Waals surface area contributed by atoms with Gasteiger partial charge in [0.25, 0.3) is 0 Å². The molecule has 0 bridgehead atoms. The van der Waals surface area contributed by atoms with Gasteiger partial charge in [0.2, 0.25) is 0 Å². The topological polar surface area (TPSA) is 40.5 Å². The largest absolute Gasteiger partial charge is 0.390 e. The van der Waals surface area contributed by atoms with E-state index in [0.717, 1.165) is 9.35 Å². The van der Waals surface area contributed by atoms with Crippen molar-refractivity contribution in [3.05, 3.63) is 20.8 Å². The molecule has 74 valence electrons. The maximum absolute atomic E-state index is 9.62. The van der Waals surface area contributed by atoms with Gasteiger partial charge in [-0.05, 0) is 41.2 Å². The number of hydrogen-bond acceptors (Lipinski definition) is 3. The quantitative estimate of drug-likeness (QED) is 0.879. The minimum atomic E-state index is -1.04. The summed E-state index contributed by atoms with van der Waals surface area (Å²) in [5.41, 5.74) is -1.04. The summed E-state index contributed by atoms with van der Waals surface area (Å²) < 4.78 is 1.00. The lowest BCUT2D eigenvalue weighted by Crippen LogP contribution is -2.37. The van der Waals surface area contributed by atoms with Gasteiger partial charge in [0.1, 0.15) is 0 Å². The van der Waals surface area contributed by atoms with E-state index in [1.807, 2.05) is 11.4 Å². The molecule has 0 saturated heterocycles. The lowest BCUT2D eigenvalue weighted by Gasteiger charge is -2.24. The van der Waals surface area contributed by atoms with E-state index in [1.54, 1.807) is 25.2 Å². The molecule has 0 radical (unpaired) electrons. The van der Waals surface area contributed by atoms with E-state index in [1.165, 1.54) is 0 Å². The Balaban J connectivity index is 2.65. The summed E-state index contributed by atoms with van der Waals surface area (Å²) >= 11 is 4.96. The molecule has 0 fully saturated rings. The zero-order chi connectivity index (χ0) is 10.1. The van der Waals surface area contributed by atoms with E-state index in [9.17, 15) is 10.2 Å². The monoisotopic (exact) mass is 264 g/mol. The van der Waals surface area contributed by atoms with Crippen molar-refractivity contribution < 1.29 is 10.2 Å². The van der Waals surface area contributed by atoms with Gasteiger partial charge >= 0.3 is 0 Å². The number of rotatable bonds is 3. The van der Waals surface area contributed by atoms with Gasteiger partial charge in [-0.2, -0.15) is 0 Å². The van der Waals surface area contributed by atoms with Gasteiger partial charge in [-0.1, -0.05) is 0 Å². The Morgan fingerprint density at radius 1 is 1.62 bits per heavy atom. The van der Waals surface area contributed by atoms with Crippen LogP contribution in [0.2, 0.25) is 0 Å². The zero-order valence-corrected chi connectivity index (χ0v) is 10.0. The van der Waals surface area contributed by atoms with Crippen LogP contribution < -0.4 is 0 Å². The minimum Gasteiger partial charge on any atom is -0.390 e. The third-order valence-electron chi connectivity index (χ3n) is 1.89. The fourth-order valence-corrected chi connectivity index (χ4v) is 2.45. The standard InChI is InChI=1S/C9H13BrO2S/c1-9(2,12)8(11)5-7-6(10)3-4-13-7/h3-4,8,11-12H,5H2,1-2H3. The van der Waals surface area contributed by atoms with Gasteiger partial charge in [-0.3, -0.25) is 0 Å². The Morgan fingerprint density at radius 2 is 2.23 bits per heavy atom. The molecule has 0 amide bonds. The molecule has 0 aromatic carbocycles. The Hall–Kier alpha value is 0.100. The Labute approximate surface area is 90.4 Å². The van der Waals surface area contributed by atoms with Crippen LogP contribution in [0, 0.1) is 0 Å². The van der Waals surface area contributed by atoms with Crippen LogP contribution >= 0.6 is 27.3 Å². The molecule has 1 aromatic rings. The molecule has 0 aliphatic heterocycles. The van der Waals surface area contributed by atoms with Crippen LogP contribution in [0.4, 0.5) is 0 Å². The molecule has 1 atom stereocenters. The lowest BCUT2D eigenvalue weighted by molar-refractivity contribution is -0.0466. The first kappa shape index (κ1) is 11.2. The molecule has 2 N–H and O–H groups in total. The SMILES string of the molecule is CC(C)(O)C(O)Cc1sccc1Br. The second kappa shape index (κ2) is 4.09. The first-order chi connectivity index (χ1) is 5.91. The Bertz CT molecular complexity index is 277. The minimum absolute atomic E-state index is 0.488. The van der Waals surface area contributed by atoms with E-state index in [2.05, 4.69) is 15.9 Å². The van der Waals surface area contributed by atoms with Crippen molar-refractivity contribution in [2.75, 3.05) is 0 Å². The predicted molar refractivity (Wildman–Crippen MR) is 58.0 cm³/mol. The van der Waals surface area contributed by atoms with Crippen molar-refractivity contribution in [1.29, 1.82) is 0 Å². The van der Waals surface area contributed by atoms with Crippen LogP contribution in [0.15, 0.2) is 15.9 Å². The second-order valence-electron chi connectivity index (χ2n) is 3.57. The van der Waals surface area contributed by atoms with Gasteiger partial charge in [-0.15, -0.1) is 11.3 Å². The molecule has 0 spiro atoms. The molecule has 0 aliphatic rings. The predicted octanol–water partition coefficient (Wildman–Crippen LogP) is 2.18. The summed E-state index contributed by atoms with van der Waals surface area (Å²) in [6, 6.07) is 1.94. The summed E-state index contributed by atoms with van der Waals surface area (Å²) in [6.07, 6.45) is -0.232. The van der Waals surface area contributed by atoms with Crippen molar-refractivity contribution in [2.45, 2.75) is 32.0 Å². The van der Waals surface area contributed by atoms with Crippen molar-refractivity contribution in [2.24, 2.45) is 0 Å². The summed E-state index contributed by atoms with van der Waals surface area (Å²) in [5, 5.41) is 21.1. The van der Waals surface area contributed by atoms with E-state index in [0.29, 0.717) is 6.42 Å². The molecule has 13 heavy (non-hydrogen) atoms. The number of hydrogen-bond donors (Lipinski definition) is 2. The van der Waals surface area contributed by atoms with Crippen molar-refractivity contribution in [3.63, 3.8) is 0 Å². The molecule has 4 heteroatoms. The average Bonchev–Trinajstić information content (AvgIpc) is 2.34. The number of aliphatic hydroxyl groups is 2. The van der Waals surface area contributed by atoms with Gasteiger partial charge in [0, 0.05) is 15.8 Å². The molecule has 0 aliphatic carbocycles. The first-order valence-electron chi connectivity index (χ1n) is 4.03. The van der Waals surface area contributed by atoms with E-state index < -0.39 is 11.7 Å². The second-order valence-corrected chi connectivity index (χ2v) is 5.42. The maximum atomic E-state index is 9.62. The highest BCUT2D eigenvalue weighted by atomic mass is 79.9. The van der Waals surface area contributed by atoms with Crippen LogP contribution in [0.25, 0.3) is 0 Å². The third-order valence-corrected chi connectivity index (χ3v) is 3.83. The highest BCUT2D eigenvalue weighted by Crippen LogP contribution is 2.26. The third kappa shape index (κ3) is 3.06. The normalized spacial score (nSPS) is 14.5. The van der Waals surface area contributed by atoms with Gasteiger partial charge in [-0.25, -0.2) is 0 Å². The van der Waals surface area contributed by atoms with E-state index >= 15 is 0 Å². The lowest BCUT2D eigenvalue weighted by atomic mass is 9.99. The van der Waals surface area contributed by atoms with Crippen molar-refractivity contribution in [1.82, 2.24) is 0 Å². The Kier molecular flexibility index (Phi) is 3.51. The van der Waals surface area contributed by atoms with Crippen LogP contribution in [0.1, 0.15) is 18.7 Å². The van der Waals surface area contributed by atoms with Gasteiger partial charge < -0.3 is 10.2 Å². The van der Waals surface area contributed by atoms with Crippen molar-refractivity contribution >= 4 is 27.3 Å². The summed E-state index contributed by atoms with van der Waals surface area (Å²) in [6.45, 7) is 3.22. The molecular weight excluding hydrogens is 252 g/mol. The zero-order valence-electron chi connectivity index (χ0n) is 7.62. The molecule has 1 heterocycles. The van der Waals surface area contributed by atoms with Crippen LogP contribution in [-0.4, -0.2) is 21.9 Å². The molecule has 1 unspecified atom stereocenters. The first-order valence-corrected chi connectivity index (χ1v) is 5.71. The molecule has 1 rings (SSSR count). The number of aliphatic hydroxyl groups excluding tert-OH is 1. The van der Waals surface area contributed by atoms with Crippen LogP contribution in [0.5, 0.6) is 0 Å². The molecule has 0 saturated carbocycles. The van der Waals surface area contributed by atoms with Crippen LogP contribution in [-0.2, 0) is 6.42 Å². The molecular formula is C9H13BrO2S. The summed E-state index contributed by atoms with van der Waals surface area (Å²) in [5.74, 6) is 0. The average molecular weight is 265 g/mol. The van der Waals surface area contributed by atoms with E-state index in [-0.39, 0.29) is 0 Å². The van der Waals surface area contributed by atoms with Gasteiger partial charge in [0.15, 0.2) is 0 Å². The Morgan fingerprint density at radius 3 is 2.62 bits per heavy atom. The highest BCUT2D eigenvalue weighted by molar-refractivity contribution is 9.10. The van der Waals surface area contributed by atoms with Crippen molar-refractivity contribution in [3.8, 4) is 0 Å². The summed E-state index contributed by atoms with van der Waals surface area (Å²) in [7, 11) is 0. The highest BCUT2D eigenvalue weighted by Gasteiger charge is 2.25. The maximum Gasteiger partial charge on any atom is 0.0870 e. The molecule has 2 nitrogen and oxygen atoms in total. The van der Waals surface area contributed by atoms with E-state index in [4.69, 9.17) is 0 Å².